The van der Waals surface area contributed by atoms with E-state index in [4.69, 9.17) is 10.5 Å². The van der Waals surface area contributed by atoms with Gasteiger partial charge in [0.25, 0.3) is 0 Å². The van der Waals surface area contributed by atoms with Crippen LogP contribution in [0.1, 0.15) is 20.3 Å². The van der Waals surface area contributed by atoms with Gasteiger partial charge in [0, 0.05) is 13.0 Å². The molecular weight excluding hydrogens is 176 g/mol. The molecule has 0 spiro atoms. The van der Waals surface area contributed by atoms with E-state index in [-0.39, 0.29) is 6.10 Å². The highest BCUT2D eigenvalue weighted by atomic mass is 32.1. The summed E-state index contributed by atoms with van der Waals surface area (Å²) in [6, 6.07) is 0. The summed E-state index contributed by atoms with van der Waals surface area (Å²) in [5.74, 6) is 0. The Balaban J connectivity index is 3.38. The highest BCUT2D eigenvalue weighted by molar-refractivity contribution is 7.80. The standard InChI is InChI=1S/C7H14N2O2S/c1-5(2)11-7(10)9-4-3-6(8)12/h5H,3-4H2,1-2H3,(H2,8,12)(H,9,10). The van der Waals surface area contributed by atoms with Crippen molar-refractivity contribution in [3.8, 4) is 0 Å². The van der Waals surface area contributed by atoms with Crippen molar-refractivity contribution >= 4 is 23.3 Å². The first kappa shape index (κ1) is 11.2. The van der Waals surface area contributed by atoms with Gasteiger partial charge in [0.1, 0.15) is 0 Å². The number of alkyl carbamates (subject to hydrolysis) is 1. The van der Waals surface area contributed by atoms with Gasteiger partial charge in [-0.1, -0.05) is 12.2 Å². The minimum atomic E-state index is -0.429. The summed E-state index contributed by atoms with van der Waals surface area (Å²) >= 11 is 4.62. The van der Waals surface area contributed by atoms with Crippen LogP contribution < -0.4 is 11.1 Å². The van der Waals surface area contributed by atoms with Crippen LogP contribution in [-0.4, -0.2) is 23.7 Å². The zero-order valence-corrected chi connectivity index (χ0v) is 8.11. The number of carbonyl (C=O) groups excluding carboxylic acids is 1. The molecule has 0 heterocycles. The van der Waals surface area contributed by atoms with Crippen LogP contribution in [0.15, 0.2) is 0 Å². The molecule has 0 saturated carbocycles. The van der Waals surface area contributed by atoms with Crippen molar-refractivity contribution in [2.45, 2.75) is 26.4 Å². The van der Waals surface area contributed by atoms with Crippen molar-refractivity contribution in [1.29, 1.82) is 0 Å². The van der Waals surface area contributed by atoms with E-state index in [0.29, 0.717) is 18.0 Å². The first-order chi connectivity index (χ1) is 5.52. The summed E-state index contributed by atoms with van der Waals surface area (Å²) in [6.07, 6.45) is -0.0289. The van der Waals surface area contributed by atoms with Gasteiger partial charge in [0.05, 0.1) is 11.1 Å². The van der Waals surface area contributed by atoms with Gasteiger partial charge in [0.2, 0.25) is 0 Å². The molecule has 0 saturated heterocycles. The van der Waals surface area contributed by atoms with Crippen LogP contribution in [-0.2, 0) is 4.74 Å². The highest BCUT2D eigenvalue weighted by Crippen LogP contribution is 1.88. The second kappa shape index (κ2) is 5.77. The van der Waals surface area contributed by atoms with Gasteiger partial charge in [-0.3, -0.25) is 0 Å². The normalized spacial score (nSPS) is 9.58. The van der Waals surface area contributed by atoms with E-state index in [1.54, 1.807) is 13.8 Å². The molecule has 70 valence electrons. The first-order valence-corrected chi connectivity index (χ1v) is 4.16. The maximum Gasteiger partial charge on any atom is 0.407 e. The zero-order chi connectivity index (χ0) is 9.56. The Morgan fingerprint density at radius 1 is 1.67 bits per heavy atom. The summed E-state index contributed by atoms with van der Waals surface area (Å²) < 4.78 is 4.80. The van der Waals surface area contributed by atoms with Crippen LogP contribution in [0.5, 0.6) is 0 Å². The van der Waals surface area contributed by atoms with Gasteiger partial charge >= 0.3 is 6.09 Å². The Bertz CT molecular complexity index is 171. The summed E-state index contributed by atoms with van der Waals surface area (Å²) in [4.78, 5) is 11.2. The van der Waals surface area contributed by atoms with Crippen molar-refractivity contribution in [2.24, 2.45) is 5.73 Å². The number of nitrogens with two attached hydrogens (primary N) is 1. The third-order valence-electron chi connectivity index (χ3n) is 0.983. The molecule has 1 amide bonds. The van der Waals surface area contributed by atoms with Gasteiger partial charge in [-0.05, 0) is 13.8 Å². The lowest BCUT2D eigenvalue weighted by atomic mass is 10.4. The van der Waals surface area contributed by atoms with Crippen LogP contribution in [0.4, 0.5) is 4.79 Å². The van der Waals surface area contributed by atoms with E-state index in [1.165, 1.54) is 0 Å². The topological polar surface area (TPSA) is 64.3 Å². The predicted molar refractivity (Wildman–Crippen MR) is 51.0 cm³/mol. The van der Waals surface area contributed by atoms with E-state index in [1.807, 2.05) is 0 Å². The minimum absolute atomic E-state index is 0.102. The number of thiocarbonyl (C=S) groups is 1. The summed E-state index contributed by atoms with van der Waals surface area (Å²) in [5, 5.41) is 2.52. The van der Waals surface area contributed by atoms with Crippen molar-refractivity contribution in [3.63, 3.8) is 0 Å². The molecule has 3 N–H and O–H groups in total. The SMILES string of the molecule is CC(C)OC(=O)NCCC(N)=S. The molecule has 0 unspecified atom stereocenters. The molecule has 0 rings (SSSR count). The number of hydrogen-bond donors (Lipinski definition) is 2. The maximum atomic E-state index is 10.8. The first-order valence-electron chi connectivity index (χ1n) is 3.75. The number of carbonyl (C=O) groups is 1. The summed E-state index contributed by atoms with van der Waals surface area (Å²) in [7, 11) is 0. The third kappa shape index (κ3) is 7.27. The minimum Gasteiger partial charge on any atom is -0.447 e. The molecule has 0 radical (unpaired) electrons. The van der Waals surface area contributed by atoms with Crippen LogP contribution >= 0.6 is 12.2 Å². The highest BCUT2D eigenvalue weighted by Gasteiger charge is 2.02. The van der Waals surface area contributed by atoms with Gasteiger partial charge < -0.3 is 15.8 Å². The van der Waals surface area contributed by atoms with E-state index < -0.39 is 6.09 Å². The molecule has 4 nitrogen and oxygen atoms in total. The molecule has 0 fully saturated rings. The lowest BCUT2D eigenvalue weighted by Gasteiger charge is -2.08. The number of rotatable bonds is 4. The fourth-order valence-corrected chi connectivity index (χ4v) is 0.646. The lowest BCUT2D eigenvalue weighted by molar-refractivity contribution is 0.116. The number of ether oxygens (including phenoxy) is 1. The molecule has 0 aromatic carbocycles. The van der Waals surface area contributed by atoms with Gasteiger partial charge in [0.15, 0.2) is 0 Å². The monoisotopic (exact) mass is 190 g/mol. The van der Waals surface area contributed by atoms with Crippen molar-refractivity contribution in [1.82, 2.24) is 5.32 Å². The quantitative estimate of drug-likeness (QED) is 0.643. The molecule has 12 heavy (non-hydrogen) atoms. The van der Waals surface area contributed by atoms with E-state index >= 15 is 0 Å². The predicted octanol–water partition coefficient (Wildman–Crippen LogP) is 0.797. The molecule has 0 aliphatic heterocycles. The Labute approximate surface area is 77.5 Å². The third-order valence-corrected chi connectivity index (χ3v) is 1.19. The zero-order valence-electron chi connectivity index (χ0n) is 7.29. The summed E-state index contributed by atoms with van der Waals surface area (Å²) in [6.45, 7) is 4.00. The Kier molecular flexibility index (Phi) is 5.36. The van der Waals surface area contributed by atoms with Crippen LogP contribution in [0.25, 0.3) is 0 Å². The van der Waals surface area contributed by atoms with E-state index in [2.05, 4.69) is 17.5 Å². The fraction of sp³-hybridized carbons (Fsp3) is 0.714. The van der Waals surface area contributed by atoms with Crippen molar-refractivity contribution in [2.75, 3.05) is 6.54 Å². The fourth-order valence-electron chi connectivity index (χ4n) is 0.544. The molecule has 5 heteroatoms. The Morgan fingerprint density at radius 3 is 2.67 bits per heavy atom. The largest absolute Gasteiger partial charge is 0.447 e. The number of hydrogen-bond acceptors (Lipinski definition) is 3. The lowest BCUT2D eigenvalue weighted by Crippen LogP contribution is -2.29. The van der Waals surface area contributed by atoms with Gasteiger partial charge in [-0.15, -0.1) is 0 Å². The average Bonchev–Trinajstić information content (AvgIpc) is 1.84. The Morgan fingerprint density at radius 2 is 2.25 bits per heavy atom. The second-order valence-corrected chi connectivity index (χ2v) is 3.12. The number of nitrogens with one attached hydrogen (secondary N) is 1. The molecular formula is C7H14N2O2S. The van der Waals surface area contributed by atoms with Crippen LogP contribution in [0.3, 0.4) is 0 Å². The summed E-state index contributed by atoms with van der Waals surface area (Å²) in [5.41, 5.74) is 5.22. The smallest absolute Gasteiger partial charge is 0.407 e. The van der Waals surface area contributed by atoms with Crippen LogP contribution in [0, 0.1) is 0 Å². The molecule has 0 aromatic heterocycles. The second-order valence-electron chi connectivity index (χ2n) is 2.60. The molecule has 0 aliphatic carbocycles. The van der Waals surface area contributed by atoms with E-state index in [9.17, 15) is 4.79 Å². The van der Waals surface area contributed by atoms with Crippen LogP contribution in [0.2, 0.25) is 0 Å². The molecule has 0 bridgehead atoms. The van der Waals surface area contributed by atoms with E-state index in [0.717, 1.165) is 0 Å². The molecule has 0 aromatic rings. The molecule has 0 aliphatic rings. The van der Waals surface area contributed by atoms with Crippen molar-refractivity contribution in [3.05, 3.63) is 0 Å². The molecule has 0 atom stereocenters. The number of amides is 1. The van der Waals surface area contributed by atoms with Crippen molar-refractivity contribution < 1.29 is 9.53 Å². The van der Waals surface area contributed by atoms with Gasteiger partial charge in [-0.25, -0.2) is 4.79 Å². The maximum absolute atomic E-state index is 10.8. The Hall–Kier alpha value is -0.840. The van der Waals surface area contributed by atoms with Gasteiger partial charge in [-0.2, -0.15) is 0 Å². The average molecular weight is 190 g/mol.